The second-order valence-corrected chi connectivity index (χ2v) is 3.45. The van der Waals surface area contributed by atoms with Crippen molar-refractivity contribution in [2.45, 2.75) is 10.0 Å². The molecule has 1 heterocycles. The first kappa shape index (κ1) is 4.21. The Labute approximate surface area is 46.3 Å². The zero-order valence-electron chi connectivity index (χ0n) is 2.48. The molecule has 3 heteroatoms. The summed E-state index contributed by atoms with van der Waals surface area (Å²) in [5, 5.41) is 0. The summed E-state index contributed by atoms with van der Waals surface area (Å²) in [7, 11) is 0. The fraction of sp³-hybridized carbons (Fsp3) is 1.00. The van der Waals surface area contributed by atoms with Gasteiger partial charge in [0.15, 0.2) is 0 Å². The third kappa shape index (κ3) is 0.940. The van der Waals surface area contributed by atoms with E-state index >= 15 is 0 Å². The van der Waals surface area contributed by atoms with Crippen molar-refractivity contribution >= 4 is 32.9 Å². The van der Waals surface area contributed by atoms with E-state index in [4.69, 9.17) is 14.7 Å². The van der Waals surface area contributed by atoms with Gasteiger partial charge in [-0.3, -0.25) is 0 Å². The van der Waals surface area contributed by atoms with Gasteiger partial charge in [-0.15, -0.1) is 0 Å². The second-order valence-electron chi connectivity index (χ2n) is 0.791. The molecule has 1 atom stereocenters. The van der Waals surface area contributed by atoms with Crippen LogP contribution in [0.1, 0.15) is 0 Å². The summed E-state index contributed by atoms with van der Waals surface area (Å²) < 4.78 is 5.99. The maximum atomic E-state index is 5.36. The third-order valence-corrected chi connectivity index (χ3v) is 3.83. The number of halogens is 1. The molecule has 0 bridgehead atoms. The molecule has 0 N–H and O–H groups in total. The van der Waals surface area contributed by atoms with Crippen molar-refractivity contribution in [3.05, 3.63) is 0 Å². The number of hydrogen-bond acceptors (Lipinski definition) is 1. The molecular formula is C2H3ClOTe. The summed E-state index contributed by atoms with van der Waals surface area (Å²) >= 11 is 5.34. The normalized spacial score (nSPS) is 36.6. The average Bonchev–Trinajstić information content (AvgIpc) is 1.30. The van der Waals surface area contributed by atoms with Crippen LogP contribution in [-0.4, -0.2) is 26.9 Å². The number of alkyl halides is 1. The van der Waals surface area contributed by atoms with Gasteiger partial charge in [0.25, 0.3) is 0 Å². The molecule has 1 rings (SSSR count). The van der Waals surface area contributed by atoms with E-state index in [2.05, 4.69) is 0 Å². The molecule has 0 aromatic carbocycles. The van der Waals surface area contributed by atoms with Crippen LogP contribution in [0.4, 0.5) is 0 Å². The van der Waals surface area contributed by atoms with Crippen molar-refractivity contribution in [2.24, 2.45) is 0 Å². The van der Waals surface area contributed by atoms with Crippen LogP contribution in [0.3, 0.4) is 0 Å². The van der Waals surface area contributed by atoms with Gasteiger partial charge < -0.3 is 0 Å². The quantitative estimate of drug-likeness (QED) is 0.417. The van der Waals surface area contributed by atoms with Crippen LogP contribution < -0.4 is 0 Å². The molecular weight excluding hydrogens is 203 g/mol. The van der Waals surface area contributed by atoms with Gasteiger partial charge in [-0.1, -0.05) is 0 Å². The van der Waals surface area contributed by atoms with Crippen LogP contribution in [0.5, 0.6) is 0 Å². The van der Waals surface area contributed by atoms with E-state index in [9.17, 15) is 0 Å². The molecule has 0 amide bonds. The van der Waals surface area contributed by atoms with Crippen LogP contribution in [0.25, 0.3) is 0 Å². The molecule has 1 saturated heterocycles. The minimum atomic E-state index is -0.0150. The summed E-state index contributed by atoms with van der Waals surface area (Å²) in [6.45, 7) is 0. The predicted molar refractivity (Wildman–Crippen MR) is 21.3 cm³/mol. The Morgan fingerprint density at radius 1 is 2.00 bits per heavy atom. The first-order valence-corrected chi connectivity index (χ1v) is 4.35. The summed E-state index contributed by atoms with van der Waals surface area (Å²) in [4.78, 5) is 0. The van der Waals surface area contributed by atoms with Gasteiger partial charge in [0.05, 0.1) is 0 Å². The van der Waals surface area contributed by atoms with Gasteiger partial charge in [-0.05, 0) is 0 Å². The monoisotopic (exact) mass is 208 g/mol. The van der Waals surface area contributed by atoms with E-state index in [1.54, 1.807) is 0 Å². The van der Waals surface area contributed by atoms with Crippen LogP contribution >= 0.6 is 11.6 Å². The SMILES string of the molecule is ClC1C[Te]O1. The van der Waals surface area contributed by atoms with E-state index < -0.39 is 0 Å². The second kappa shape index (κ2) is 1.66. The average molecular weight is 206 g/mol. The first-order chi connectivity index (χ1) is 2.39. The first-order valence-electron chi connectivity index (χ1n) is 1.32. The standard InChI is InChI=1S/C2H3ClOTe/c3-2-1-5-4-2/h2H,1H2. The Kier molecular flexibility index (Phi) is 1.40. The number of rotatable bonds is 0. The van der Waals surface area contributed by atoms with E-state index in [-0.39, 0.29) is 26.9 Å². The van der Waals surface area contributed by atoms with Gasteiger partial charge in [-0.25, -0.2) is 0 Å². The summed E-state index contributed by atoms with van der Waals surface area (Å²) in [5.41, 5.74) is 0.0948. The molecule has 1 nitrogen and oxygen atoms in total. The molecule has 0 spiro atoms. The van der Waals surface area contributed by atoms with E-state index in [0.29, 0.717) is 0 Å². The van der Waals surface area contributed by atoms with Crippen molar-refractivity contribution in [3.8, 4) is 0 Å². The van der Waals surface area contributed by atoms with Gasteiger partial charge in [0, 0.05) is 0 Å². The molecule has 0 aromatic rings. The molecule has 0 saturated carbocycles. The van der Waals surface area contributed by atoms with Crippen LogP contribution in [-0.2, 0) is 3.10 Å². The van der Waals surface area contributed by atoms with Gasteiger partial charge in [-0.2, -0.15) is 0 Å². The Morgan fingerprint density at radius 2 is 2.40 bits per heavy atom. The Hall–Kier alpha value is 1.04. The third-order valence-electron chi connectivity index (χ3n) is 0.372. The van der Waals surface area contributed by atoms with Crippen LogP contribution in [0.2, 0.25) is 4.47 Å². The van der Waals surface area contributed by atoms with E-state index in [1.165, 1.54) is 0 Å². The maximum absolute atomic E-state index is 5.36. The van der Waals surface area contributed by atoms with Crippen molar-refractivity contribution < 1.29 is 3.10 Å². The minimum absolute atomic E-state index is 0.0150. The van der Waals surface area contributed by atoms with Gasteiger partial charge in [0.2, 0.25) is 0 Å². The van der Waals surface area contributed by atoms with Gasteiger partial charge in [0.1, 0.15) is 0 Å². The summed E-state index contributed by atoms with van der Waals surface area (Å²) in [6.07, 6.45) is 0. The van der Waals surface area contributed by atoms with Crippen molar-refractivity contribution in [1.29, 1.82) is 0 Å². The molecule has 30 valence electrons. The zero-order chi connectivity index (χ0) is 3.70. The molecule has 1 aliphatic rings. The van der Waals surface area contributed by atoms with Crippen molar-refractivity contribution in [3.63, 3.8) is 0 Å². The van der Waals surface area contributed by atoms with Crippen molar-refractivity contribution in [2.75, 3.05) is 0 Å². The molecule has 1 unspecified atom stereocenters. The zero-order valence-corrected chi connectivity index (χ0v) is 5.57. The molecule has 5 heavy (non-hydrogen) atoms. The Bertz CT molecular complexity index is 36.6. The Morgan fingerprint density at radius 3 is 2.40 bits per heavy atom. The molecule has 0 aromatic heterocycles. The van der Waals surface area contributed by atoms with Gasteiger partial charge >= 0.3 is 46.1 Å². The Balaban J connectivity index is 2.08. The molecule has 1 fully saturated rings. The van der Waals surface area contributed by atoms with E-state index in [1.807, 2.05) is 0 Å². The van der Waals surface area contributed by atoms with Crippen LogP contribution in [0.15, 0.2) is 0 Å². The summed E-state index contributed by atoms with van der Waals surface area (Å²) in [6, 6.07) is 0. The van der Waals surface area contributed by atoms with Crippen LogP contribution in [0, 0.1) is 0 Å². The molecule has 0 radical (unpaired) electrons. The summed E-state index contributed by atoms with van der Waals surface area (Å²) in [5.74, 6) is 0. The predicted octanol–water partition coefficient (Wildman–Crippen LogP) is 0.619. The topological polar surface area (TPSA) is 9.23 Å². The molecule has 0 aliphatic carbocycles. The molecule has 1 aliphatic heterocycles. The fourth-order valence-electron chi connectivity index (χ4n) is 0.119. The fourth-order valence-corrected chi connectivity index (χ4v) is 1.49. The van der Waals surface area contributed by atoms with Crippen molar-refractivity contribution in [1.82, 2.24) is 0 Å². The van der Waals surface area contributed by atoms with E-state index in [0.717, 1.165) is 4.47 Å². The number of hydrogen-bond donors (Lipinski definition) is 0.